The van der Waals surface area contributed by atoms with Crippen molar-refractivity contribution in [1.82, 2.24) is 0 Å². The first-order valence-corrected chi connectivity index (χ1v) is 4.60. The third-order valence-corrected chi connectivity index (χ3v) is 2.28. The van der Waals surface area contributed by atoms with Crippen molar-refractivity contribution in [2.24, 2.45) is 0 Å². The third kappa shape index (κ3) is 1.66. The number of anilines is 1. The number of carbonyl (C=O) groups excluding carboxylic acids is 2. The molecule has 2 rings (SSSR count). The van der Waals surface area contributed by atoms with Gasteiger partial charge in [-0.15, -0.1) is 0 Å². The minimum Gasteiger partial charge on any atom is -0.385 e. The molecule has 1 atom stereocenters. The fraction of sp³-hybridized carbons (Fsp3) is 0.200. The smallest absolute Gasteiger partial charge is 0.275 e. The number of fused-ring (bicyclic) bond motifs is 1. The Balaban J connectivity index is 2.47. The van der Waals surface area contributed by atoms with Crippen LogP contribution in [0.3, 0.4) is 0 Å². The van der Waals surface area contributed by atoms with Gasteiger partial charge >= 0.3 is 0 Å². The van der Waals surface area contributed by atoms with Crippen LogP contribution >= 0.6 is 0 Å². The van der Waals surface area contributed by atoms with Crippen LogP contribution in [0, 0.1) is 0 Å². The Hall–Kier alpha value is -1.62. The van der Waals surface area contributed by atoms with Gasteiger partial charge < -0.3 is 10.4 Å². The summed E-state index contributed by atoms with van der Waals surface area (Å²) < 4.78 is 0. The Labute approximate surface area is 87.5 Å². The molecule has 0 saturated carbocycles. The summed E-state index contributed by atoms with van der Waals surface area (Å²) in [5.41, 5.74) is 1.56. The van der Waals surface area contributed by atoms with Crippen LogP contribution in [0.25, 0.3) is 0 Å². The highest BCUT2D eigenvalue weighted by atomic mass is 16.3. The van der Waals surface area contributed by atoms with Crippen molar-refractivity contribution in [3.63, 3.8) is 0 Å². The quantitative estimate of drug-likeness (QED) is 0.528. The lowest BCUT2D eigenvalue weighted by molar-refractivity contribution is 0.0781. The Morgan fingerprint density at radius 1 is 1.53 bits per heavy atom. The number of ketones is 1. The highest BCUT2D eigenvalue weighted by Gasteiger charge is 2.26. The molecule has 5 heteroatoms. The van der Waals surface area contributed by atoms with Crippen LogP contribution in [0.2, 0.25) is 0 Å². The fourth-order valence-corrected chi connectivity index (χ4v) is 1.57. The minimum absolute atomic E-state index is 0.240. The van der Waals surface area contributed by atoms with Gasteiger partial charge in [0.1, 0.15) is 6.10 Å². The van der Waals surface area contributed by atoms with Gasteiger partial charge in [-0.3, -0.25) is 9.59 Å². The normalized spacial score (nSPS) is 15.2. The zero-order valence-corrected chi connectivity index (χ0v) is 8.15. The standard InChI is InChI=1S/C10H9BNO3/c1-5(13)9(14)6-3-2-4-7-8(6)11-10(15)12-7/h2-5,13H,1H3,(H,12,15). The Bertz CT molecular complexity index is 442. The van der Waals surface area contributed by atoms with Crippen LogP contribution in [0.4, 0.5) is 10.5 Å². The van der Waals surface area contributed by atoms with Gasteiger partial charge in [0.25, 0.3) is 7.28 Å². The number of aliphatic hydroxyl groups excluding tert-OH is 1. The highest BCUT2D eigenvalue weighted by Crippen LogP contribution is 2.13. The van der Waals surface area contributed by atoms with Gasteiger partial charge in [-0.25, -0.2) is 0 Å². The van der Waals surface area contributed by atoms with E-state index in [0.29, 0.717) is 16.7 Å². The summed E-state index contributed by atoms with van der Waals surface area (Å²) in [7, 11) is 1.37. The third-order valence-electron chi connectivity index (χ3n) is 2.28. The Morgan fingerprint density at radius 3 is 2.93 bits per heavy atom. The molecule has 1 amide bonds. The first-order valence-electron chi connectivity index (χ1n) is 4.60. The lowest BCUT2D eigenvalue weighted by Crippen LogP contribution is -2.27. The summed E-state index contributed by atoms with van der Waals surface area (Å²) >= 11 is 0. The van der Waals surface area contributed by atoms with E-state index in [1.54, 1.807) is 18.2 Å². The van der Waals surface area contributed by atoms with Crippen molar-refractivity contribution in [2.75, 3.05) is 5.32 Å². The SMILES string of the molecule is CC(O)C(=O)c1cccc2c1[B]C(=O)N2. The van der Waals surface area contributed by atoms with E-state index in [4.69, 9.17) is 0 Å². The molecule has 0 fully saturated rings. The van der Waals surface area contributed by atoms with Gasteiger partial charge in [0.05, 0.1) is 0 Å². The number of amides is 1. The molecule has 75 valence electrons. The summed E-state index contributed by atoms with van der Waals surface area (Å²) in [6, 6.07) is 4.99. The molecule has 15 heavy (non-hydrogen) atoms. The number of nitrogens with one attached hydrogen (secondary N) is 1. The van der Waals surface area contributed by atoms with Gasteiger partial charge in [0.15, 0.2) is 11.6 Å². The van der Waals surface area contributed by atoms with E-state index in [1.165, 1.54) is 14.2 Å². The molecule has 0 saturated heterocycles. The molecule has 1 aliphatic rings. The van der Waals surface area contributed by atoms with Crippen LogP contribution in [0.5, 0.6) is 0 Å². The summed E-state index contributed by atoms with van der Waals surface area (Å²) in [4.78, 5) is 22.7. The number of rotatable bonds is 2. The topological polar surface area (TPSA) is 66.4 Å². The van der Waals surface area contributed by atoms with Crippen molar-refractivity contribution in [3.05, 3.63) is 23.8 Å². The maximum absolute atomic E-state index is 11.6. The van der Waals surface area contributed by atoms with Crippen molar-refractivity contribution < 1.29 is 14.7 Å². The summed E-state index contributed by atoms with van der Waals surface area (Å²) in [5, 5.41) is 11.8. The van der Waals surface area contributed by atoms with E-state index in [0.717, 1.165) is 0 Å². The maximum Gasteiger partial charge on any atom is 0.275 e. The number of hydrogen-bond acceptors (Lipinski definition) is 3. The average molecular weight is 202 g/mol. The lowest BCUT2D eigenvalue weighted by Gasteiger charge is -2.07. The molecule has 1 radical (unpaired) electrons. The molecular weight excluding hydrogens is 193 g/mol. The van der Waals surface area contributed by atoms with Crippen LogP contribution in [-0.4, -0.2) is 30.1 Å². The molecule has 1 unspecified atom stereocenters. The van der Waals surface area contributed by atoms with Crippen LogP contribution in [-0.2, 0) is 0 Å². The zero-order valence-electron chi connectivity index (χ0n) is 8.15. The Morgan fingerprint density at radius 2 is 2.27 bits per heavy atom. The molecular formula is C10H9BNO3. The molecule has 1 aromatic rings. The van der Waals surface area contributed by atoms with Gasteiger partial charge in [-0.05, 0) is 18.5 Å². The van der Waals surface area contributed by atoms with Gasteiger partial charge in [0.2, 0.25) is 0 Å². The number of Topliss-reactive ketones (excluding diaryl/α,β-unsaturated/α-hetero) is 1. The van der Waals surface area contributed by atoms with Crippen molar-refractivity contribution in [2.45, 2.75) is 13.0 Å². The number of carbonyl (C=O) groups is 2. The molecule has 0 aliphatic carbocycles. The highest BCUT2D eigenvalue weighted by molar-refractivity contribution is 6.90. The van der Waals surface area contributed by atoms with E-state index in [2.05, 4.69) is 5.32 Å². The van der Waals surface area contributed by atoms with Crippen LogP contribution < -0.4 is 10.8 Å². The van der Waals surface area contributed by atoms with E-state index in [-0.39, 0.29) is 11.6 Å². The maximum atomic E-state index is 11.6. The number of hydrogen-bond donors (Lipinski definition) is 2. The molecule has 1 aliphatic heterocycles. The summed E-state index contributed by atoms with van der Waals surface area (Å²) in [6.07, 6.45) is -1.05. The number of aliphatic hydroxyl groups is 1. The fourth-order valence-electron chi connectivity index (χ4n) is 1.57. The van der Waals surface area contributed by atoms with Gasteiger partial charge in [0, 0.05) is 11.3 Å². The molecule has 1 heterocycles. The monoisotopic (exact) mass is 202 g/mol. The van der Waals surface area contributed by atoms with Gasteiger partial charge in [-0.1, -0.05) is 12.1 Å². The van der Waals surface area contributed by atoms with E-state index >= 15 is 0 Å². The van der Waals surface area contributed by atoms with Crippen molar-refractivity contribution in [1.29, 1.82) is 0 Å². The second-order valence-electron chi connectivity index (χ2n) is 3.44. The number of benzene rings is 1. The molecule has 2 N–H and O–H groups in total. The van der Waals surface area contributed by atoms with Crippen molar-refractivity contribution >= 4 is 30.0 Å². The second-order valence-corrected chi connectivity index (χ2v) is 3.44. The summed E-state index contributed by atoms with van der Waals surface area (Å²) in [5.74, 6) is -0.615. The predicted molar refractivity (Wildman–Crippen MR) is 56.9 cm³/mol. The summed E-state index contributed by atoms with van der Waals surface area (Å²) in [6.45, 7) is 1.41. The van der Waals surface area contributed by atoms with E-state index < -0.39 is 6.10 Å². The molecule has 0 bridgehead atoms. The molecule has 4 nitrogen and oxygen atoms in total. The molecule has 0 spiro atoms. The predicted octanol–water partition coefficient (Wildman–Crippen LogP) is 0.125. The average Bonchev–Trinajstić information content (AvgIpc) is 2.56. The van der Waals surface area contributed by atoms with Gasteiger partial charge in [-0.2, -0.15) is 0 Å². The second kappa shape index (κ2) is 3.51. The largest absolute Gasteiger partial charge is 0.385 e. The first-order chi connectivity index (χ1) is 7.09. The zero-order chi connectivity index (χ0) is 11.0. The molecule has 0 aromatic heterocycles. The Kier molecular flexibility index (Phi) is 2.32. The van der Waals surface area contributed by atoms with Crippen LogP contribution in [0.1, 0.15) is 17.3 Å². The lowest BCUT2D eigenvalue weighted by atomic mass is 9.69. The molecule has 1 aromatic carbocycles. The van der Waals surface area contributed by atoms with E-state index in [9.17, 15) is 14.7 Å². The minimum atomic E-state index is -1.05. The first kappa shape index (κ1) is 9.92. The van der Waals surface area contributed by atoms with Crippen LogP contribution in [0.15, 0.2) is 18.2 Å². The van der Waals surface area contributed by atoms with E-state index in [1.807, 2.05) is 0 Å². The van der Waals surface area contributed by atoms with Crippen molar-refractivity contribution in [3.8, 4) is 0 Å².